The summed E-state index contributed by atoms with van der Waals surface area (Å²) in [6.07, 6.45) is 0. The van der Waals surface area contributed by atoms with E-state index in [1.54, 1.807) is 14.0 Å². The summed E-state index contributed by atoms with van der Waals surface area (Å²) >= 11 is 0. The fraction of sp³-hybridized carbons (Fsp3) is 0.105. The third-order valence-electron chi connectivity index (χ3n) is 3.65. The molecular formula is C19H16O2. The van der Waals surface area contributed by atoms with Gasteiger partial charge in [-0.2, -0.15) is 0 Å². The molecule has 0 fully saturated rings. The SMILES string of the molecule is COc1ccc2cc(-c3cccc(C(C)=O)c3)ccc2c1. The smallest absolute Gasteiger partial charge is 0.159 e. The molecule has 21 heavy (non-hydrogen) atoms. The zero-order valence-corrected chi connectivity index (χ0v) is 12.1. The van der Waals surface area contributed by atoms with Gasteiger partial charge in [0.25, 0.3) is 0 Å². The van der Waals surface area contributed by atoms with Crippen LogP contribution in [0.2, 0.25) is 0 Å². The van der Waals surface area contributed by atoms with Gasteiger partial charge >= 0.3 is 0 Å². The van der Waals surface area contributed by atoms with E-state index in [1.165, 1.54) is 0 Å². The maximum atomic E-state index is 11.5. The predicted octanol–water partition coefficient (Wildman–Crippen LogP) is 4.72. The lowest BCUT2D eigenvalue weighted by Crippen LogP contribution is -1.91. The highest BCUT2D eigenvalue weighted by atomic mass is 16.5. The van der Waals surface area contributed by atoms with Crippen molar-refractivity contribution in [2.24, 2.45) is 0 Å². The summed E-state index contributed by atoms with van der Waals surface area (Å²) in [5.74, 6) is 0.941. The molecule has 0 bridgehead atoms. The van der Waals surface area contributed by atoms with Crippen molar-refractivity contribution < 1.29 is 9.53 Å². The summed E-state index contributed by atoms with van der Waals surface area (Å²) in [6, 6.07) is 20.0. The second-order valence-electron chi connectivity index (χ2n) is 5.06. The summed E-state index contributed by atoms with van der Waals surface area (Å²) in [6.45, 7) is 1.59. The molecule has 3 aromatic carbocycles. The summed E-state index contributed by atoms with van der Waals surface area (Å²) in [7, 11) is 1.67. The van der Waals surface area contributed by atoms with Crippen molar-refractivity contribution in [3.63, 3.8) is 0 Å². The van der Waals surface area contributed by atoms with Gasteiger partial charge in [-0.05, 0) is 53.1 Å². The Kier molecular flexibility index (Phi) is 3.44. The minimum Gasteiger partial charge on any atom is -0.497 e. The van der Waals surface area contributed by atoms with Crippen molar-refractivity contribution >= 4 is 16.6 Å². The lowest BCUT2D eigenvalue weighted by Gasteiger charge is -2.07. The van der Waals surface area contributed by atoms with Crippen LogP contribution >= 0.6 is 0 Å². The van der Waals surface area contributed by atoms with Crippen LogP contribution in [0.5, 0.6) is 5.75 Å². The van der Waals surface area contributed by atoms with Gasteiger partial charge in [-0.3, -0.25) is 4.79 Å². The molecule has 0 N–H and O–H groups in total. The van der Waals surface area contributed by atoms with Crippen molar-refractivity contribution in [2.75, 3.05) is 7.11 Å². The molecule has 3 rings (SSSR count). The molecule has 3 aromatic rings. The monoisotopic (exact) mass is 276 g/mol. The molecule has 0 atom stereocenters. The van der Waals surface area contributed by atoms with Gasteiger partial charge < -0.3 is 4.74 Å². The van der Waals surface area contributed by atoms with Gasteiger partial charge in [0.05, 0.1) is 7.11 Å². The molecule has 0 saturated carbocycles. The van der Waals surface area contributed by atoms with E-state index in [4.69, 9.17) is 4.74 Å². The first-order valence-corrected chi connectivity index (χ1v) is 6.86. The highest BCUT2D eigenvalue weighted by Crippen LogP contribution is 2.27. The molecule has 0 saturated heterocycles. The normalized spacial score (nSPS) is 10.6. The molecule has 0 heterocycles. The predicted molar refractivity (Wildman–Crippen MR) is 85.9 cm³/mol. The van der Waals surface area contributed by atoms with Crippen molar-refractivity contribution in [1.29, 1.82) is 0 Å². The molecule has 0 aromatic heterocycles. The van der Waals surface area contributed by atoms with Gasteiger partial charge in [-0.15, -0.1) is 0 Å². The highest BCUT2D eigenvalue weighted by molar-refractivity contribution is 5.96. The van der Waals surface area contributed by atoms with Gasteiger partial charge in [0.15, 0.2) is 5.78 Å². The average molecular weight is 276 g/mol. The Bertz CT molecular complexity index is 819. The van der Waals surface area contributed by atoms with E-state index < -0.39 is 0 Å². The molecule has 0 amide bonds. The molecule has 0 aliphatic heterocycles. The zero-order valence-electron chi connectivity index (χ0n) is 12.1. The Morgan fingerprint density at radius 3 is 2.33 bits per heavy atom. The quantitative estimate of drug-likeness (QED) is 0.647. The van der Waals surface area contributed by atoms with Crippen molar-refractivity contribution in [1.82, 2.24) is 0 Å². The first-order valence-electron chi connectivity index (χ1n) is 6.86. The maximum absolute atomic E-state index is 11.5. The molecule has 0 radical (unpaired) electrons. The Balaban J connectivity index is 2.08. The summed E-state index contributed by atoms with van der Waals surface area (Å²) < 4.78 is 5.24. The molecule has 0 aliphatic rings. The third-order valence-corrected chi connectivity index (χ3v) is 3.65. The Morgan fingerprint density at radius 1 is 0.857 bits per heavy atom. The standard InChI is InChI=1S/C19H16O2/c1-13(20)14-4-3-5-15(10-14)16-6-7-18-12-19(21-2)9-8-17(18)11-16/h3-12H,1-2H3. The van der Waals surface area contributed by atoms with Crippen LogP contribution < -0.4 is 4.74 Å². The lowest BCUT2D eigenvalue weighted by atomic mass is 9.99. The number of Topliss-reactive ketones (excluding diaryl/α,β-unsaturated/α-hetero) is 1. The zero-order chi connectivity index (χ0) is 14.8. The van der Waals surface area contributed by atoms with Crippen LogP contribution in [0.1, 0.15) is 17.3 Å². The van der Waals surface area contributed by atoms with Gasteiger partial charge in [0.1, 0.15) is 5.75 Å². The van der Waals surface area contributed by atoms with Crippen LogP contribution in [-0.2, 0) is 0 Å². The Morgan fingerprint density at radius 2 is 1.57 bits per heavy atom. The Hall–Kier alpha value is -2.61. The minimum atomic E-state index is 0.0855. The lowest BCUT2D eigenvalue weighted by molar-refractivity contribution is 0.101. The summed E-state index contributed by atoms with van der Waals surface area (Å²) in [4.78, 5) is 11.5. The summed E-state index contributed by atoms with van der Waals surface area (Å²) in [5, 5.41) is 2.29. The largest absolute Gasteiger partial charge is 0.497 e. The van der Waals surface area contributed by atoms with Gasteiger partial charge in [0, 0.05) is 5.56 Å². The topological polar surface area (TPSA) is 26.3 Å². The van der Waals surface area contributed by atoms with E-state index in [-0.39, 0.29) is 5.78 Å². The van der Waals surface area contributed by atoms with E-state index in [0.717, 1.165) is 33.2 Å². The van der Waals surface area contributed by atoms with Crippen LogP contribution in [0.25, 0.3) is 21.9 Å². The molecule has 2 nitrogen and oxygen atoms in total. The molecular weight excluding hydrogens is 260 g/mol. The van der Waals surface area contributed by atoms with E-state index in [1.807, 2.05) is 42.5 Å². The van der Waals surface area contributed by atoms with Crippen molar-refractivity contribution in [3.05, 3.63) is 66.2 Å². The van der Waals surface area contributed by atoms with Gasteiger partial charge in [-0.25, -0.2) is 0 Å². The van der Waals surface area contributed by atoms with Crippen LogP contribution in [0.15, 0.2) is 60.7 Å². The average Bonchev–Trinajstić information content (AvgIpc) is 2.54. The fourth-order valence-corrected chi connectivity index (χ4v) is 2.45. The van der Waals surface area contributed by atoms with Crippen molar-refractivity contribution in [2.45, 2.75) is 6.92 Å². The fourth-order valence-electron chi connectivity index (χ4n) is 2.45. The van der Waals surface area contributed by atoms with E-state index in [2.05, 4.69) is 18.2 Å². The molecule has 0 unspecified atom stereocenters. The number of carbonyl (C=O) groups is 1. The van der Waals surface area contributed by atoms with E-state index >= 15 is 0 Å². The number of carbonyl (C=O) groups excluding carboxylic acids is 1. The van der Waals surface area contributed by atoms with E-state index in [9.17, 15) is 4.79 Å². The number of benzene rings is 3. The molecule has 0 aliphatic carbocycles. The second-order valence-corrected chi connectivity index (χ2v) is 5.06. The molecule has 0 spiro atoms. The molecule has 104 valence electrons. The number of ketones is 1. The van der Waals surface area contributed by atoms with Crippen LogP contribution in [0.4, 0.5) is 0 Å². The number of hydrogen-bond acceptors (Lipinski definition) is 2. The van der Waals surface area contributed by atoms with Crippen LogP contribution in [-0.4, -0.2) is 12.9 Å². The summed E-state index contributed by atoms with van der Waals surface area (Å²) in [5.41, 5.74) is 2.90. The number of fused-ring (bicyclic) bond motifs is 1. The van der Waals surface area contributed by atoms with Crippen LogP contribution in [0, 0.1) is 0 Å². The number of methoxy groups -OCH3 is 1. The van der Waals surface area contributed by atoms with Gasteiger partial charge in [-0.1, -0.05) is 36.4 Å². The first kappa shape index (κ1) is 13.4. The molecule has 2 heteroatoms. The Labute approximate surface area is 124 Å². The number of hydrogen-bond donors (Lipinski definition) is 0. The first-order chi connectivity index (χ1) is 10.2. The second kappa shape index (κ2) is 5.41. The highest BCUT2D eigenvalue weighted by Gasteiger charge is 2.04. The van der Waals surface area contributed by atoms with Gasteiger partial charge in [0.2, 0.25) is 0 Å². The number of ether oxygens (including phenoxy) is 1. The number of rotatable bonds is 3. The van der Waals surface area contributed by atoms with Crippen LogP contribution in [0.3, 0.4) is 0 Å². The van der Waals surface area contributed by atoms with E-state index in [0.29, 0.717) is 0 Å². The van der Waals surface area contributed by atoms with Crippen molar-refractivity contribution in [3.8, 4) is 16.9 Å². The minimum absolute atomic E-state index is 0.0855. The third kappa shape index (κ3) is 2.65. The maximum Gasteiger partial charge on any atom is 0.159 e.